The molecule has 0 atom stereocenters. The first kappa shape index (κ1) is 27.7. The van der Waals surface area contributed by atoms with E-state index in [4.69, 9.17) is 4.42 Å². The lowest BCUT2D eigenvalue weighted by molar-refractivity contribution is 0.661. The van der Waals surface area contributed by atoms with Gasteiger partial charge >= 0.3 is 0 Å². The summed E-state index contributed by atoms with van der Waals surface area (Å²) in [6, 6.07) is 58.2. The van der Waals surface area contributed by atoms with Crippen molar-refractivity contribution >= 4 is 65.0 Å². The number of furan rings is 1. The Bertz CT molecular complexity index is 3010. The van der Waals surface area contributed by atoms with E-state index in [0.717, 1.165) is 27.3 Å². The van der Waals surface area contributed by atoms with Gasteiger partial charge in [0, 0.05) is 21.6 Å². The number of hydrogen-bond acceptors (Lipinski definition) is 1. The van der Waals surface area contributed by atoms with Crippen LogP contribution < -0.4 is 0 Å². The molecule has 1 heteroatoms. The fourth-order valence-electron chi connectivity index (χ4n) is 9.15. The molecule has 1 aliphatic carbocycles. The summed E-state index contributed by atoms with van der Waals surface area (Å²) < 4.78 is 6.51. The fourth-order valence-corrected chi connectivity index (χ4v) is 9.15. The molecular formula is C49H32O. The molecule has 0 amide bonds. The highest BCUT2D eigenvalue weighted by molar-refractivity contribution is 6.27. The summed E-state index contributed by atoms with van der Waals surface area (Å²) >= 11 is 0. The first-order valence-electron chi connectivity index (χ1n) is 17.5. The molecule has 234 valence electrons. The van der Waals surface area contributed by atoms with Crippen molar-refractivity contribution in [3.8, 4) is 33.4 Å². The Morgan fingerprint density at radius 1 is 0.380 bits per heavy atom. The van der Waals surface area contributed by atoms with Crippen LogP contribution in [0, 0.1) is 0 Å². The van der Waals surface area contributed by atoms with Gasteiger partial charge in [-0.05, 0) is 100 Å². The van der Waals surface area contributed by atoms with Gasteiger partial charge in [-0.3, -0.25) is 0 Å². The minimum absolute atomic E-state index is 0.113. The summed E-state index contributed by atoms with van der Waals surface area (Å²) in [5, 5.41) is 12.3. The van der Waals surface area contributed by atoms with Gasteiger partial charge in [0.2, 0.25) is 0 Å². The van der Waals surface area contributed by atoms with E-state index in [1.807, 2.05) is 0 Å². The van der Waals surface area contributed by atoms with Gasteiger partial charge in [0.05, 0.1) is 0 Å². The predicted octanol–water partition coefficient (Wildman–Crippen LogP) is 13.8. The van der Waals surface area contributed by atoms with Gasteiger partial charge in [0.1, 0.15) is 11.2 Å². The van der Waals surface area contributed by atoms with Gasteiger partial charge in [-0.25, -0.2) is 0 Å². The molecule has 0 unspecified atom stereocenters. The Morgan fingerprint density at radius 3 is 1.68 bits per heavy atom. The van der Waals surface area contributed by atoms with Crippen molar-refractivity contribution in [1.82, 2.24) is 0 Å². The Labute approximate surface area is 290 Å². The Balaban J connectivity index is 1.23. The van der Waals surface area contributed by atoms with Gasteiger partial charge in [0.25, 0.3) is 0 Å². The summed E-state index contributed by atoms with van der Waals surface area (Å²) in [6.45, 7) is 4.77. The lowest BCUT2D eigenvalue weighted by Gasteiger charge is -2.23. The Morgan fingerprint density at radius 2 is 0.960 bits per heavy atom. The molecule has 1 aliphatic rings. The zero-order valence-electron chi connectivity index (χ0n) is 27.9. The second-order valence-corrected chi connectivity index (χ2v) is 14.4. The summed E-state index contributed by atoms with van der Waals surface area (Å²) in [5.74, 6) is 0. The van der Waals surface area contributed by atoms with Crippen LogP contribution in [0.4, 0.5) is 0 Å². The molecule has 0 saturated heterocycles. The molecule has 11 rings (SSSR count). The van der Waals surface area contributed by atoms with Crippen molar-refractivity contribution < 1.29 is 4.42 Å². The maximum atomic E-state index is 6.51. The maximum Gasteiger partial charge on any atom is 0.143 e. The standard InChI is InChI=1S/C49H32O/c1-49(2)42-26-24-29-13-3-4-14-31(29)47(42)39-25-23-30(27-43(39)49)45-34-17-6-8-19-36(34)46(37-20-9-7-18-35(37)45)40-28-41-33-16-11-12-22-44(33)50-48(41)38-21-10-5-15-32(38)40/h3-28H,1-2H3. The van der Waals surface area contributed by atoms with Crippen molar-refractivity contribution in [3.05, 3.63) is 169 Å². The van der Waals surface area contributed by atoms with Crippen LogP contribution in [0.1, 0.15) is 25.0 Å². The third kappa shape index (κ3) is 3.62. The van der Waals surface area contributed by atoms with E-state index in [2.05, 4.69) is 172 Å². The van der Waals surface area contributed by atoms with Gasteiger partial charge in [-0.1, -0.05) is 153 Å². The monoisotopic (exact) mass is 636 g/mol. The van der Waals surface area contributed by atoms with Crippen molar-refractivity contribution in [1.29, 1.82) is 0 Å². The van der Waals surface area contributed by atoms with Crippen molar-refractivity contribution in [2.75, 3.05) is 0 Å². The van der Waals surface area contributed by atoms with E-state index in [9.17, 15) is 0 Å². The van der Waals surface area contributed by atoms with Crippen molar-refractivity contribution in [2.45, 2.75) is 19.3 Å². The lowest BCUT2D eigenvalue weighted by Crippen LogP contribution is -2.15. The highest BCUT2D eigenvalue weighted by Gasteiger charge is 2.37. The van der Waals surface area contributed by atoms with E-state index >= 15 is 0 Å². The molecule has 0 spiro atoms. The van der Waals surface area contributed by atoms with E-state index in [0.29, 0.717) is 0 Å². The highest BCUT2D eigenvalue weighted by Crippen LogP contribution is 2.53. The largest absolute Gasteiger partial charge is 0.455 e. The number of benzene rings is 9. The summed E-state index contributed by atoms with van der Waals surface area (Å²) in [4.78, 5) is 0. The third-order valence-corrected chi connectivity index (χ3v) is 11.4. The van der Waals surface area contributed by atoms with E-state index < -0.39 is 0 Å². The molecule has 0 radical (unpaired) electrons. The summed E-state index contributed by atoms with van der Waals surface area (Å²) in [5.41, 5.74) is 12.3. The Kier molecular flexibility index (Phi) is 5.51. The molecule has 0 N–H and O–H groups in total. The van der Waals surface area contributed by atoms with Crippen LogP contribution in [-0.4, -0.2) is 0 Å². The first-order chi connectivity index (χ1) is 24.6. The normalized spacial score (nSPS) is 13.6. The smallest absolute Gasteiger partial charge is 0.143 e. The molecule has 0 fully saturated rings. The molecule has 0 aliphatic heterocycles. The number of rotatable bonds is 2. The Hall–Kier alpha value is -6.18. The molecule has 1 heterocycles. The van der Waals surface area contributed by atoms with Crippen LogP contribution in [0.3, 0.4) is 0 Å². The van der Waals surface area contributed by atoms with Gasteiger partial charge in [-0.2, -0.15) is 0 Å². The second kappa shape index (κ2) is 9.94. The molecular weight excluding hydrogens is 605 g/mol. The van der Waals surface area contributed by atoms with Crippen LogP contribution in [0.2, 0.25) is 0 Å². The number of para-hydroxylation sites is 1. The topological polar surface area (TPSA) is 13.1 Å². The number of fused-ring (bicyclic) bond motifs is 12. The second-order valence-electron chi connectivity index (χ2n) is 14.4. The average Bonchev–Trinajstić information content (AvgIpc) is 3.65. The molecule has 1 nitrogen and oxygen atoms in total. The minimum atomic E-state index is -0.113. The van der Waals surface area contributed by atoms with Crippen molar-refractivity contribution in [3.63, 3.8) is 0 Å². The molecule has 0 bridgehead atoms. The average molecular weight is 637 g/mol. The minimum Gasteiger partial charge on any atom is -0.455 e. The highest BCUT2D eigenvalue weighted by atomic mass is 16.3. The predicted molar refractivity (Wildman–Crippen MR) is 212 cm³/mol. The van der Waals surface area contributed by atoms with E-state index in [-0.39, 0.29) is 5.41 Å². The maximum absolute atomic E-state index is 6.51. The van der Waals surface area contributed by atoms with E-state index in [1.54, 1.807) is 0 Å². The van der Waals surface area contributed by atoms with Gasteiger partial charge < -0.3 is 4.42 Å². The van der Waals surface area contributed by atoms with Gasteiger partial charge in [-0.15, -0.1) is 0 Å². The lowest BCUT2D eigenvalue weighted by atomic mass is 9.80. The summed E-state index contributed by atoms with van der Waals surface area (Å²) in [7, 11) is 0. The van der Waals surface area contributed by atoms with Crippen molar-refractivity contribution in [2.24, 2.45) is 0 Å². The zero-order valence-corrected chi connectivity index (χ0v) is 27.9. The van der Waals surface area contributed by atoms with Crippen LogP contribution in [0.5, 0.6) is 0 Å². The van der Waals surface area contributed by atoms with Gasteiger partial charge in [0.15, 0.2) is 0 Å². The SMILES string of the molecule is CC1(C)c2cc(-c3c4ccccc4c(-c4cc5c6ccccc6oc5c5ccccc45)c4ccccc34)ccc2-c2c1ccc1ccccc21. The molecule has 9 aromatic carbocycles. The molecule has 1 aromatic heterocycles. The fraction of sp³-hybridized carbons (Fsp3) is 0.0612. The third-order valence-electron chi connectivity index (χ3n) is 11.4. The molecule has 50 heavy (non-hydrogen) atoms. The van der Waals surface area contributed by atoms with Crippen LogP contribution in [0.25, 0.3) is 98.4 Å². The quantitative estimate of drug-likeness (QED) is 0.172. The zero-order chi connectivity index (χ0) is 33.1. The van der Waals surface area contributed by atoms with E-state index in [1.165, 1.54) is 82.2 Å². The molecule has 0 saturated carbocycles. The number of hydrogen-bond donors (Lipinski definition) is 0. The van der Waals surface area contributed by atoms with Crippen LogP contribution in [0.15, 0.2) is 162 Å². The summed E-state index contributed by atoms with van der Waals surface area (Å²) in [6.07, 6.45) is 0. The van der Waals surface area contributed by atoms with Crippen LogP contribution in [-0.2, 0) is 5.41 Å². The first-order valence-corrected chi connectivity index (χ1v) is 17.5. The van der Waals surface area contributed by atoms with Crippen LogP contribution >= 0.6 is 0 Å². The molecule has 10 aromatic rings.